The van der Waals surface area contributed by atoms with Crippen LogP contribution in [-0.2, 0) is 10.0 Å². The van der Waals surface area contributed by atoms with Crippen molar-refractivity contribution in [3.05, 3.63) is 72.1 Å². The minimum Gasteiger partial charge on any atom is -0.323 e. The van der Waals surface area contributed by atoms with Crippen LogP contribution in [0.15, 0.2) is 65.8 Å². The van der Waals surface area contributed by atoms with Gasteiger partial charge in [-0.3, -0.25) is 9.71 Å². The number of rotatable bonds is 6. The number of nitrogens with zero attached hydrogens (tertiary/aromatic N) is 4. The van der Waals surface area contributed by atoms with E-state index >= 15 is 0 Å². The summed E-state index contributed by atoms with van der Waals surface area (Å²) in [5, 5.41) is 11.3. The number of nitrogens with one attached hydrogen (secondary N) is 2. The van der Waals surface area contributed by atoms with Crippen molar-refractivity contribution in [3.8, 4) is 0 Å². The topological polar surface area (TPSA) is 110 Å². The third-order valence-electron chi connectivity index (χ3n) is 4.72. The molecule has 0 radical (unpaired) electrons. The summed E-state index contributed by atoms with van der Waals surface area (Å²) >= 11 is 0. The van der Waals surface area contributed by atoms with Gasteiger partial charge in [0.15, 0.2) is 5.82 Å². The smallest absolute Gasteiger partial charge is 0.261 e. The summed E-state index contributed by atoms with van der Waals surface area (Å²) in [5.74, 6) is 1.47. The molecule has 0 saturated heterocycles. The van der Waals surface area contributed by atoms with E-state index in [1.807, 2.05) is 19.1 Å². The van der Waals surface area contributed by atoms with Crippen LogP contribution in [-0.4, -0.2) is 28.6 Å². The summed E-state index contributed by atoms with van der Waals surface area (Å²) in [5.41, 5.74) is 3.57. The number of hydrogen-bond donors (Lipinski definition) is 2. The van der Waals surface area contributed by atoms with Crippen LogP contribution in [0.25, 0.3) is 11.0 Å². The average Bonchev–Trinajstić information content (AvgIpc) is 2.74. The molecule has 0 aliphatic carbocycles. The Bertz CT molecular complexity index is 1340. The standard InChI is InChI=1S/C22H22N6O2S/c1-14(2)16-10-22(27-24-12-16)26-21-9-8-19-20(25-21)11-17(13-23-19)28-31(29,30)18-6-4-15(3)5-7-18/h4-14,28H,1-3H3,(H,25,26,27). The monoisotopic (exact) mass is 434 g/mol. The molecule has 2 N–H and O–H groups in total. The van der Waals surface area contributed by atoms with Crippen molar-refractivity contribution in [1.82, 2.24) is 20.2 Å². The highest BCUT2D eigenvalue weighted by Gasteiger charge is 2.14. The fourth-order valence-corrected chi connectivity index (χ4v) is 3.99. The summed E-state index contributed by atoms with van der Waals surface area (Å²) in [7, 11) is -3.72. The van der Waals surface area contributed by atoms with E-state index in [0.717, 1.165) is 11.1 Å². The molecule has 0 amide bonds. The first-order chi connectivity index (χ1) is 14.8. The van der Waals surface area contributed by atoms with E-state index < -0.39 is 10.0 Å². The normalized spacial score (nSPS) is 11.6. The first-order valence-electron chi connectivity index (χ1n) is 9.76. The summed E-state index contributed by atoms with van der Waals surface area (Å²) in [6, 6.07) is 13.8. The summed E-state index contributed by atoms with van der Waals surface area (Å²) < 4.78 is 27.9. The minimum absolute atomic E-state index is 0.185. The maximum absolute atomic E-state index is 12.7. The van der Waals surface area contributed by atoms with Crippen molar-refractivity contribution in [1.29, 1.82) is 0 Å². The molecule has 0 spiro atoms. The lowest BCUT2D eigenvalue weighted by molar-refractivity contribution is 0.601. The SMILES string of the molecule is Cc1ccc(S(=O)(=O)Nc2cnc3ccc(Nc4cc(C(C)C)cnn4)nc3c2)cc1. The van der Waals surface area contributed by atoms with Crippen LogP contribution >= 0.6 is 0 Å². The van der Waals surface area contributed by atoms with Crippen LogP contribution in [0.2, 0.25) is 0 Å². The molecule has 0 bridgehead atoms. The average molecular weight is 435 g/mol. The second kappa shape index (κ2) is 8.27. The molecular weight excluding hydrogens is 412 g/mol. The number of sulfonamides is 1. The Hall–Kier alpha value is -3.59. The molecule has 1 aromatic carbocycles. The molecule has 0 aliphatic rings. The summed E-state index contributed by atoms with van der Waals surface area (Å²) in [6.45, 7) is 6.07. The van der Waals surface area contributed by atoms with Crippen molar-refractivity contribution >= 4 is 38.4 Å². The van der Waals surface area contributed by atoms with Gasteiger partial charge in [-0.1, -0.05) is 31.5 Å². The van der Waals surface area contributed by atoms with Gasteiger partial charge in [0.1, 0.15) is 5.82 Å². The Morgan fingerprint density at radius 2 is 1.68 bits per heavy atom. The summed E-state index contributed by atoms with van der Waals surface area (Å²) in [4.78, 5) is 9.04. The zero-order chi connectivity index (χ0) is 22.0. The third-order valence-corrected chi connectivity index (χ3v) is 6.12. The first kappa shape index (κ1) is 20.7. The maximum Gasteiger partial charge on any atom is 0.261 e. The predicted octanol–water partition coefficient (Wildman–Crippen LogP) is 4.40. The molecule has 158 valence electrons. The van der Waals surface area contributed by atoms with E-state index in [9.17, 15) is 8.42 Å². The van der Waals surface area contributed by atoms with Crippen LogP contribution in [0.4, 0.5) is 17.3 Å². The van der Waals surface area contributed by atoms with Crippen molar-refractivity contribution in [2.24, 2.45) is 0 Å². The zero-order valence-corrected chi connectivity index (χ0v) is 18.2. The van der Waals surface area contributed by atoms with Gasteiger partial charge < -0.3 is 5.32 Å². The number of fused-ring (bicyclic) bond motifs is 1. The highest BCUT2D eigenvalue weighted by atomic mass is 32.2. The largest absolute Gasteiger partial charge is 0.323 e. The van der Waals surface area contributed by atoms with Gasteiger partial charge in [0.2, 0.25) is 0 Å². The van der Waals surface area contributed by atoms with Crippen molar-refractivity contribution in [2.75, 3.05) is 10.0 Å². The van der Waals surface area contributed by atoms with Gasteiger partial charge in [-0.25, -0.2) is 13.4 Å². The van der Waals surface area contributed by atoms with Crippen LogP contribution in [0.5, 0.6) is 0 Å². The molecule has 0 unspecified atom stereocenters. The highest BCUT2D eigenvalue weighted by Crippen LogP contribution is 2.22. The van der Waals surface area contributed by atoms with E-state index in [1.54, 1.807) is 42.6 Å². The second-order valence-corrected chi connectivity index (χ2v) is 9.21. The molecule has 31 heavy (non-hydrogen) atoms. The molecule has 0 aliphatic heterocycles. The van der Waals surface area contributed by atoms with Crippen LogP contribution in [0.3, 0.4) is 0 Å². The third kappa shape index (κ3) is 4.77. The lowest BCUT2D eigenvalue weighted by Crippen LogP contribution is -2.13. The Balaban J connectivity index is 1.60. The number of aromatic nitrogens is 4. The van der Waals surface area contributed by atoms with Gasteiger partial charge in [-0.15, -0.1) is 5.10 Å². The molecular formula is C22H22N6O2S. The molecule has 3 heterocycles. The van der Waals surface area contributed by atoms with E-state index in [1.165, 1.54) is 6.20 Å². The van der Waals surface area contributed by atoms with E-state index in [0.29, 0.717) is 34.3 Å². The van der Waals surface area contributed by atoms with Gasteiger partial charge in [-0.05, 0) is 54.8 Å². The van der Waals surface area contributed by atoms with Crippen LogP contribution in [0, 0.1) is 6.92 Å². The van der Waals surface area contributed by atoms with Gasteiger partial charge in [0, 0.05) is 0 Å². The van der Waals surface area contributed by atoms with Crippen LogP contribution < -0.4 is 10.0 Å². The maximum atomic E-state index is 12.7. The Kier molecular flexibility index (Phi) is 5.51. The Morgan fingerprint density at radius 3 is 2.42 bits per heavy atom. The Morgan fingerprint density at radius 1 is 0.903 bits per heavy atom. The number of anilines is 3. The fourth-order valence-electron chi connectivity index (χ4n) is 2.95. The molecule has 9 heteroatoms. The van der Waals surface area contributed by atoms with Crippen molar-refractivity contribution in [3.63, 3.8) is 0 Å². The quantitative estimate of drug-likeness (QED) is 0.463. The molecule has 4 aromatic rings. The number of aryl methyl sites for hydroxylation is 1. The molecule has 0 fully saturated rings. The van der Waals surface area contributed by atoms with E-state index in [4.69, 9.17) is 0 Å². The first-order valence-corrected chi connectivity index (χ1v) is 11.2. The lowest BCUT2D eigenvalue weighted by Gasteiger charge is -2.10. The van der Waals surface area contributed by atoms with E-state index in [-0.39, 0.29) is 4.90 Å². The van der Waals surface area contributed by atoms with E-state index in [2.05, 4.69) is 44.1 Å². The van der Waals surface area contributed by atoms with Crippen molar-refractivity contribution < 1.29 is 8.42 Å². The molecule has 4 rings (SSSR count). The highest BCUT2D eigenvalue weighted by molar-refractivity contribution is 7.92. The molecule has 0 atom stereocenters. The molecule has 0 saturated carbocycles. The molecule has 8 nitrogen and oxygen atoms in total. The fraction of sp³-hybridized carbons (Fsp3) is 0.182. The Labute approximate surface area is 180 Å². The number of benzene rings is 1. The van der Waals surface area contributed by atoms with Gasteiger partial charge >= 0.3 is 0 Å². The second-order valence-electron chi connectivity index (χ2n) is 7.53. The van der Waals surface area contributed by atoms with Crippen molar-refractivity contribution in [2.45, 2.75) is 31.6 Å². The van der Waals surface area contributed by atoms with Gasteiger partial charge in [0.05, 0.1) is 34.0 Å². The summed E-state index contributed by atoms with van der Waals surface area (Å²) in [6.07, 6.45) is 3.21. The van der Waals surface area contributed by atoms with Gasteiger partial charge in [0.25, 0.3) is 10.0 Å². The lowest BCUT2D eigenvalue weighted by atomic mass is 10.1. The minimum atomic E-state index is -3.72. The number of hydrogen-bond acceptors (Lipinski definition) is 7. The predicted molar refractivity (Wildman–Crippen MR) is 121 cm³/mol. The van der Waals surface area contributed by atoms with Crippen LogP contribution in [0.1, 0.15) is 30.9 Å². The molecule has 3 aromatic heterocycles. The number of pyridine rings is 2. The van der Waals surface area contributed by atoms with Gasteiger partial charge in [-0.2, -0.15) is 5.10 Å². The zero-order valence-electron chi connectivity index (χ0n) is 17.4.